The van der Waals surface area contributed by atoms with Crippen molar-refractivity contribution in [1.82, 2.24) is 19.6 Å². The van der Waals surface area contributed by atoms with Crippen LogP contribution in [0, 0.1) is 0 Å². The molecule has 0 bridgehead atoms. The van der Waals surface area contributed by atoms with Crippen LogP contribution in [0.5, 0.6) is 0 Å². The first-order valence-corrected chi connectivity index (χ1v) is 8.47. The van der Waals surface area contributed by atoms with Gasteiger partial charge in [-0.1, -0.05) is 31.4 Å². The maximum atomic E-state index is 12.4. The summed E-state index contributed by atoms with van der Waals surface area (Å²) < 4.78 is 0. The summed E-state index contributed by atoms with van der Waals surface area (Å²) in [6.45, 7) is 16.6. The van der Waals surface area contributed by atoms with Crippen LogP contribution in [0.15, 0.2) is 37.0 Å². The van der Waals surface area contributed by atoms with Crippen LogP contribution in [-0.2, 0) is 4.79 Å². The third-order valence-corrected chi connectivity index (χ3v) is 4.68. The molecular weight excluding hydrogens is 288 g/mol. The minimum absolute atomic E-state index is 0.278. The van der Waals surface area contributed by atoms with E-state index >= 15 is 0 Å². The van der Waals surface area contributed by atoms with Crippen LogP contribution in [0.4, 0.5) is 0 Å². The molecule has 2 fully saturated rings. The minimum Gasteiger partial charge on any atom is -0.339 e. The molecule has 1 amide bonds. The molecule has 0 aromatic carbocycles. The Balaban J connectivity index is 1.73. The van der Waals surface area contributed by atoms with Crippen LogP contribution in [0.3, 0.4) is 0 Å². The van der Waals surface area contributed by atoms with E-state index in [1.165, 1.54) is 5.57 Å². The van der Waals surface area contributed by atoms with E-state index in [4.69, 9.17) is 0 Å². The van der Waals surface area contributed by atoms with Gasteiger partial charge in [-0.3, -0.25) is 14.6 Å². The molecule has 2 heterocycles. The van der Waals surface area contributed by atoms with E-state index in [-0.39, 0.29) is 5.91 Å². The first-order valence-electron chi connectivity index (χ1n) is 8.47. The normalized spacial score (nSPS) is 22.1. The van der Waals surface area contributed by atoms with Crippen LogP contribution in [0.2, 0.25) is 0 Å². The summed E-state index contributed by atoms with van der Waals surface area (Å²) in [6, 6.07) is 0. The number of allylic oxidation sites excluding steroid dienone is 2. The van der Waals surface area contributed by atoms with Crippen molar-refractivity contribution in [3.8, 4) is 0 Å². The summed E-state index contributed by atoms with van der Waals surface area (Å²) in [6.07, 6.45) is 5.68. The molecule has 128 valence electrons. The van der Waals surface area contributed by atoms with Gasteiger partial charge in [0.2, 0.25) is 5.91 Å². The molecule has 2 aliphatic rings. The molecule has 0 aromatic rings. The molecule has 5 heteroatoms. The Hall–Kier alpha value is -1.43. The predicted molar refractivity (Wildman–Crippen MR) is 95.4 cm³/mol. The van der Waals surface area contributed by atoms with Gasteiger partial charge in [0.15, 0.2) is 0 Å². The Kier molecular flexibility index (Phi) is 7.02. The van der Waals surface area contributed by atoms with E-state index in [2.05, 4.69) is 34.9 Å². The van der Waals surface area contributed by atoms with Gasteiger partial charge in [-0.05, 0) is 12.6 Å². The summed E-state index contributed by atoms with van der Waals surface area (Å²) in [5.41, 5.74) is 1.18. The van der Waals surface area contributed by atoms with Crippen molar-refractivity contribution >= 4 is 5.91 Å². The Morgan fingerprint density at radius 2 is 1.48 bits per heavy atom. The van der Waals surface area contributed by atoms with Gasteiger partial charge in [0.05, 0.1) is 6.54 Å². The average Bonchev–Trinajstić information content (AvgIpc) is 2.57. The molecule has 0 spiro atoms. The van der Waals surface area contributed by atoms with Gasteiger partial charge in [-0.15, -0.1) is 0 Å². The summed E-state index contributed by atoms with van der Waals surface area (Å²) in [7, 11) is 2.14. The van der Waals surface area contributed by atoms with Crippen molar-refractivity contribution < 1.29 is 4.79 Å². The number of likely N-dealkylation sites (N-methyl/N-ethyl adjacent to an activating group) is 1. The molecule has 0 atom stereocenters. The fourth-order valence-corrected chi connectivity index (χ4v) is 3.05. The van der Waals surface area contributed by atoms with E-state index < -0.39 is 0 Å². The number of piperazine rings is 2. The monoisotopic (exact) mass is 318 g/mol. The summed E-state index contributed by atoms with van der Waals surface area (Å²) >= 11 is 0. The second-order valence-electron chi connectivity index (χ2n) is 6.42. The molecule has 2 saturated heterocycles. The third-order valence-electron chi connectivity index (χ3n) is 4.68. The Bertz CT molecular complexity index is 444. The number of carbonyl (C=O) groups excluding carboxylic acids is 1. The van der Waals surface area contributed by atoms with Gasteiger partial charge in [-0.25, -0.2) is 0 Å². The van der Waals surface area contributed by atoms with Crippen molar-refractivity contribution in [1.29, 1.82) is 0 Å². The number of nitrogens with zero attached hydrogens (tertiary/aromatic N) is 4. The SMILES string of the molecule is C=C/C=C(\C=C)CN1CCN(C(=O)CN2CCN(C)CC2)CC1. The van der Waals surface area contributed by atoms with Gasteiger partial charge < -0.3 is 9.80 Å². The lowest BCUT2D eigenvalue weighted by atomic mass is 10.2. The summed E-state index contributed by atoms with van der Waals surface area (Å²) in [4.78, 5) is 21.4. The quantitative estimate of drug-likeness (QED) is 0.674. The molecule has 0 aromatic heterocycles. The maximum absolute atomic E-state index is 12.4. The Morgan fingerprint density at radius 1 is 0.913 bits per heavy atom. The van der Waals surface area contributed by atoms with Crippen LogP contribution < -0.4 is 0 Å². The van der Waals surface area contributed by atoms with Crippen LogP contribution in [0.25, 0.3) is 0 Å². The molecule has 0 unspecified atom stereocenters. The third kappa shape index (κ3) is 5.61. The van der Waals surface area contributed by atoms with E-state index in [0.717, 1.165) is 58.9 Å². The van der Waals surface area contributed by atoms with Crippen LogP contribution >= 0.6 is 0 Å². The lowest BCUT2D eigenvalue weighted by Gasteiger charge is -2.37. The van der Waals surface area contributed by atoms with Crippen molar-refractivity contribution in [3.05, 3.63) is 37.0 Å². The molecule has 5 nitrogen and oxygen atoms in total. The van der Waals surface area contributed by atoms with E-state index in [1.807, 2.05) is 17.1 Å². The maximum Gasteiger partial charge on any atom is 0.236 e. The molecule has 0 saturated carbocycles. The number of amides is 1. The molecular formula is C18H30N4O. The molecule has 0 radical (unpaired) electrons. The van der Waals surface area contributed by atoms with Crippen molar-refractivity contribution in [2.45, 2.75) is 0 Å². The Labute approximate surface area is 140 Å². The average molecular weight is 318 g/mol. The van der Waals surface area contributed by atoms with Crippen molar-refractivity contribution in [3.63, 3.8) is 0 Å². The smallest absolute Gasteiger partial charge is 0.236 e. The number of carbonyl (C=O) groups is 1. The van der Waals surface area contributed by atoms with Gasteiger partial charge in [0, 0.05) is 58.9 Å². The zero-order valence-electron chi connectivity index (χ0n) is 14.4. The molecule has 23 heavy (non-hydrogen) atoms. The molecule has 0 N–H and O–H groups in total. The highest BCUT2D eigenvalue weighted by molar-refractivity contribution is 5.78. The van der Waals surface area contributed by atoms with E-state index in [1.54, 1.807) is 6.08 Å². The first-order chi connectivity index (χ1) is 11.1. The first kappa shape index (κ1) is 17.9. The summed E-state index contributed by atoms with van der Waals surface area (Å²) in [5.74, 6) is 0.278. The second-order valence-corrected chi connectivity index (χ2v) is 6.42. The van der Waals surface area contributed by atoms with E-state index in [0.29, 0.717) is 6.54 Å². The zero-order valence-corrected chi connectivity index (χ0v) is 14.4. The highest BCUT2D eigenvalue weighted by atomic mass is 16.2. The van der Waals surface area contributed by atoms with Gasteiger partial charge in [-0.2, -0.15) is 0 Å². The van der Waals surface area contributed by atoms with Gasteiger partial charge in [0.25, 0.3) is 0 Å². The lowest BCUT2D eigenvalue weighted by Crippen LogP contribution is -2.53. The van der Waals surface area contributed by atoms with Crippen LogP contribution in [-0.4, -0.2) is 98.0 Å². The van der Waals surface area contributed by atoms with Crippen LogP contribution in [0.1, 0.15) is 0 Å². The number of rotatable bonds is 6. The molecule has 0 aliphatic carbocycles. The highest BCUT2D eigenvalue weighted by Crippen LogP contribution is 2.08. The van der Waals surface area contributed by atoms with Gasteiger partial charge >= 0.3 is 0 Å². The van der Waals surface area contributed by atoms with E-state index in [9.17, 15) is 4.79 Å². The van der Waals surface area contributed by atoms with Gasteiger partial charge in [0.1, 0.15) is 0 Å². The standard InChI is InChI=1S/C18H30N4O/c1-4-6-17(5-2)15-20-11-13-22(14-12-20)18(23)16-21-9-7-19(3)8-10-21/h4-6H,1-2,7-16H2,3H3/b17-6+. The number of hydrogen-bond acceptors (Lipinski definition) is 4. The predicted octanol–water partition coefficient (Wildman–Crippen LogP) is 0.676. The Morgan fingerprint density at radius 3 is 2.04 bits per heavy atom. The highest BCUT2D eigenvalue weighted by Gasteiger charge is 2.24. The van der Waals surface area contributed by atoms with Crippen molar-refractivity contribution in [2.75, 3.05) is 72.5 Å². The minimum atomic E-state index is 0.278. The molecule has 2 rings (SSSR count). The lowest BCUT2D eigenvalue weighted by molar-refractivity contribution is -0.134. The van der Waals surface area contributed by atoms with Crippen molar-refractivity contribution in [2.24, 2.45) is 0 Å². The topological polar surface area (TPSA) is 30.0 Å². The zero-order chi connectivity index (χ0) is 16.7. The largest absolute Gasteiger partial charge is 0.339 e. The fourth-order valence-electron chi connectivity index (χ4n) is 3.05. The number of hydrogen-bond donors (Lipinski definition) is 0. The fraction of sp³-hybridized carbons (Fsp3) is 0.611. The summed E-state index contributed by atoms with van der Waals surface area (Å²) in [5, 5.41) is 0. The second kappa shape index (κ2) is 9.01. The molecule has 2 aliphatic heterocycles.